The van der Waals surface area contributed by atoms with Crippen LogP contribution >= 0.6 is 0 Å². The van der Waals surface area contributed by atoms with E-state index in [9.17, 15) is 29.6 Å². The number of carboxylic acid groups (broad SMARTS) is 1. The Morgan fingerprint density at radius 2 is 1.83 bits per heavy atom. The lowest BCUT2D eigenvalue weighted by atomic mass is 9.97. The molecule has 190 valence electrons. The molecule has 0 amide bonds. The molecule has 36 heavy (non-hydrogen) atoms. The lowest BCUT2D eigenvalue weighted by Crippen LogP contribution is -2.63. The van der Waals surface area contributed by atoms with Gasteiger partial charge in [-0.2, -0.15) is 5.10 Å². The smallest absolute Gasteiger partial charge is 0.335 e. The van der Waals surface area contributed by atoms with Crippen LogP contribution in [0.15, 0.2) is 36.4 Å². The third-order valence-corrected chi connectivity index (χ3v) is 6.49. The van der Waals surface area contributed by atoms with Crippen molar-refractivity contribution in [3.05, 3.63) is 53.3 Å². The SMILES string of the molecule is COc1cc2c(cc1OC)-c1n[nH]c(N(c3cccc(F)c3)[C@H]3O[C@@H](C(=O)O)[C@H](O)[C@@H](O)[C@@H]3O)c1C2. The maximum Gasteiger partial charge on any atom is 0.335 e. The summed E-state index contributed by atoms with van der Waals surface area (Å²) in [7, 11) is 3.04. The number of carbonyl (C=O) groups is 1. The second-order valence-electron chi connectivity index (χ2n) is 8.55. The Bertz CT molecular complexity index is 1310. The number of rotatable bonds is 6. The van der Waals surface area contributed by atoms with E-state index in [2.05, 4.69) is 10.2 Å². The molecule has 0 spiro atoms. The average molecular weight is 501 g/mol. The minimum Gasteiger partial charge on any atom is -0.493 e. The molecule has 5 N–H and O–H groups in total. The lowest BCUT2D eigenvalue weighted by molar-refractivity contribution is -0.225. The number of methoxy groups -OCH3 is 2. The van der Waals surface area contributed by atoms with Crippen LogP contribution in [0.25, 0.3) is 11.3 Å². The van der Waals surface area contributed by atoms with Crippen LogP contribution in [0.3, 0.4) is 0 Å². The van der Waals surface area contributed by atoms with Crippen LogP contribution in [-0.2, 0) is 16.0 Å². The number of aromatic amines is 1. The quantitative estimate of drug-likeness (QED) is 0.260. The number of fused-ring (bicyclic) bond motifs is 3. The maximum atomic E-state index is 14.3. The molecule has 0 radical (unpaired) electrons. The van der Waals surface area contributed by atoms with Gasteiger partial charge in [-0.15, -0.1) is 0 Å². The number of aliphatic hydroxyl groups is 3. The molecule has 0 bridgehead atoms. The van der Waals surface area contributed by atoms with E-state index in [0.29, 0.717) is 35.0 Å². The summed E-state index contributed by atoms with van der Waals surface area (Å²) >= 11 is 0. The second kappa shape index (κ2) is 9.06. The van der Waals surface area contributed by atoms with Crippen LogP contribution in [0.1, 0.15) is 11.1 Å². The van der Waals surface area contributed by atoms with E-state index in [1.165, 1.54) is 43.4 Å². The summed E-state index contributed by atoms with van der Waals surface area (Å²) in [6, 6.07) is 8.97. The van der Waals surface area contributed by atoms with Crippen molar-refractivity contribution in [3.63, 3.8) is 0 Å². The Balaban J connectivity index is 1.64. The average Bonchev–Trinajstić information content (AvgIpc) is 3.42. The largest absolute Gasteiger partial charge is 0.493 e. The number of anilines is 2. The molecule has 2 aliphatic rings. The Morgan fingerprint density at radius 3 is 2.50 bits per heavy atom. The molecule has 11 nitrogen and oxygen atoms in total. The van der Waals surface area contributed by atoms with Gasteiger partial charge in [0, 0.05) is 23.2 Å². The fraction of sp³-hybridized carbons (Fsp3) is 0.333. The molecule has 3 aromatic rings. The molecular weight excluding hydrogens is 477 g/mol. The van der Waals surface area contributed by atoms with Gasteiger partial charge in [-0.3, -0.25) is 10.00 Å². The Labute approximate surface area is 204 Å². The van der Waals surface area contributed by atoms with Crippen LogP contribution in [0.5, 0.6) is 11.5 Å². The van der Waals surface area contributed by atoms with Gasteiger partial charge in [-0.25, -0.2) is 9.18 Å². The minimum absolute atomic E-state index is 0.198. The van der Waals surface area contributed by atoms with Gasteiger partial charge in [0.2, 0.25) is 0 Å². The van der Waals surface area contributed by atoms with E-state index in [-0.39, 0.29) is 5.69 Å². The summed E-state index contributed by atoms with van der Waals surface area (Å²) in [4.78, 5) is 13.1. The first-order valence-electron chi connectivity index (χ1n) is 11.0. The standard InChI is InChI=1S/C24H24FN3O8/c1-34-15-7-10-6-14-17(13(10)9-16(15)35-2)26-27-22(14)28(12-5-3-4-11(25)8-12)23-20(31)18(29)19(30)21(36-23)24(32)33/h3-5,7-9,18-21,23,29-31H,6H2,1-2H3,(H,26,27)(H,32,33)/t18-,19-,20+,21-,23+/m1/s1. The number of ether oxygens (including phenoxy) is 3. The van der Waals surface area contributed by atoms with Crippen molar-refractivity contribution in [1.29, 1.82) is 0 Å². The van der Waals surface area contributed by atoms with Crippen LogP contribution in [0, 0.1) is 5.82 Å². The van der Waals surface area contributed by atoms with Gasteiger partial charge < -0.3 is 34.6 Å². The highest BCUT2D eigenvalue weighted by Gasteiger charge is 2.50. The minimum atomic E-state index is -1.88. The zero-order valence-electron chi connectivity index (χ0n) is 19.3. The third kappa shape index (κ3) is 3.75. The summed E-state index contributed by atoms with van der Waals surface area (Å²) < 4.78 is 30.7. The van der Waals surface area contributed by atoms with Crippen LogP contribution in [-0.4, -0.2) is 81.5 Å². The summed E-state index contributed by atoms with van der Waals surface area (Å²) in [6.07, 6.45) is -8.45. The van der Waals surface area contributed by atoms with Crippen molar-refractivity contribution >= 4 is 17.5 Å². The summed E-state index contributed by atoms with van der Waals surface area (Å²) in [6.45, 7) is 0. The van der Waals surface area contributed by atoms with Crippen LogP contribution in [0.2, 0.25) is 0 Å². The highest BCUT2D eigenvalue weighted by Crippen LogP contribution is 2.46. The zero-order valence-corrected chi connectivity index (χ0v) is 19.3. The first-order chi connectivity index (χ1) is 17.2. The van der Waals surface area contributed by atoms with E-state index < -0.39 is 42.4 Å². The van der Waals surface area contributed by atoms with Crippen molar-refractivity contribution in [1.82, 2.24) is 10.2 Å². The third-order valence-electron chi connectivity index (χ3n) is 6.49. The normalized spacial score (nSPS) is 24.7. The number of aliphatic hydroxyl groups excluding tert-OH is 3. The predicted molar refractivity (Wildman–Crippen MR) is 123 cm³/mol. The molecule has 1 aromatic heterocycles. The summed E-state index contributed by atoms with van der Waals surface area (Å²) in [5.41, 5.74) is 3.08. The topological polar surface area (TPSA) is 158 Å². The van der Waals surface area contributed by atoms with Gasteiger partial charge in [0.1, 0.15) is 29.9 Å². The molecule has 0 saturated carbocycles. The molecule has 1 fully saturated rings. The number of aliphatic carboxylic acids is 1. The number of H-pyrrole nitrogens is 1. The first kappa shape index (κ1) is 24.0. The summed E-state index contributed by atoms with van der Waals surface area (Å²) in [5, 5.41) is 48.3. The molecule has 1 aliphatic heterocycles. The zero-order chi connectivity index (χ0) is 25.7. The number of carboxylic acids is 1. The molecule has 1 saturated heterocycles. The number of halogens is 1. The Kier molecular flexibility index (Phi) is 6.04. The van der Waals surface area contributed by atoms with Crippen molar-refractivity contribution in [2.45, 2.75) is 37.1 Å². The monoisotopic (exact) mass is 501 g/mol. The molecule has 2 aromatic carbocycles. The number of aromatic nitrogens is 2. The number of hydrogen-bond acceptors (Lipinski definition) is 9. The Hall–Kier alpha value is -3.71. The van der Waals surface area contributed by atoms with Crippen molar-refractivity contribution in [2.75, 3.05) is 19.1 Å². The van der Waals surface area contributed by atoms with Gasteiger partial charge in [0.05, 0.1) is 19.9 Å². The van der Waals surface area contributed by atoms with Gasteiger partial charge in [-0.1, -0.05) is 6.07 Å². The first-order valence-corrected chi connectivity index (χ1v) is 11.0. The number of nitrogens with one attached hydrogen (secondary N) is 1. The van der Waals surface area contributed by atoms with E-state index in [1.54, 1.807) is 6.07 Å². The fourth-order valence-corrected chi connectivity index (χ4v) is 4.73. The van der Waals surface area contributed by atoms with Crippen molar-refractivity contribution < 1.29 is 43.8 Å². The number of benzene rings is 2. The van der Waals surface area contributed by atoms with E-state index in [4.69, 9.17) is 14.2 Å². The van der Waals surface area contributed by atoms with Crippen molar-refractivity contribution in [2.24, 2.45) is 0 Å². The Morgan fingerprint density at radius 1 is 1.11 bits per heavy atom. The molecule has 12 heteroatoms. The highest BCUT2D eigenvalue weighted by molar-refractivity contribution is 5.82. The fourth-order valence-electron chi connectivity index (χ4n) is 4.73. The highest BCUT2D eigenvalue weighted by atomic mass is 19.1. The van der Waals surface area contributed by atoms with Crippen LogP contribution < -0.4 is 14.4 Å². The van der Waals surface area contributed by atoms with Gasteiger partial charge in [0.25, 0.3) is 0 Å². The lowest BCUT2D eigenvalue weighted by Gasteiger charge is -2.44. The molecule has 5 rings (SSSR count). The predicted octanol–water partition coefficient (Wildman–Crippen LogP) is 1.17. The second-order valence-corrected chi connectivity index (χ2v) is 8.55. The summed E-state index contributed by atoms with van der Waals surface area (Å²) in [5.74, 6) is -0.794. The van der Waals surface area contributed by atoms with Crippen LogP contribution in [0.4, 0.5) is 15.9 Å². The molecule has 5 atom stereocenters. The molecule has 0 unspecified atom stereocenters. The van der Waals surface area contributed by atoms with E-state index in [0.717, 1.165) is 11.1 Å². The van der Waals surface area contributed by atoms with Gasteiger partial charge >= 0.3 is 5.97 Å². The molecule has 1 aliphatic carbocycles. The number of nitrogens with zero attached hydrogens (tertiary/aromatic N) is 2. The van der Waals surface area contributed by atoms with Gasteiger partial charge in [-0.05, 0) is 35.9 Å². The van der Waals surface area contributed by atoms with E-state index in [1.807, 2.05) is 6.07 Å². The number of hydrogen-bond donors (Lipinski definition) is 5. The van der Waals surface area contributed by atoms with Gasteiger partial charge in [0.15, 0.2) is 23.8 Å². The molecule has 2 heterocycles. The maximum absolute atomic E-state index is 14.3. The van der Waals surface area contributed by atoms with E-state index >= 15 is 0 Å². The van der Waals surface area contributed by atoms with Crippen molar-refractivity contribution in [3.8, 4) is 22.8 Å². The molecular formula is C24H24FN3O8.